The van der Waals surface area contributed by atoms with Crippen LogP contribution in [-0.4, -0.2) is 50.4 Å². The molecule has 0 saturated heterocycles. The minimum atomic E-state index is -0.286. The van der Waals surface area contributed by atoms with Gasteiger partial charge in [0, 0.05) is 44.0 Å². The first kappa shape index (κ1) is 19.8. The number of likely N-dealkylation sites (N-methyl/N-ethyl adjacent to an activating group) is 1. The van der Waals surface area contributed by atoms with Crippen molar-refractivity contribution in [2.75, 3.05) is 44.2 Å². The molecular weight excluding hydrogens is 386 g/mol. The summed E-state index contributed by atoms with van der Waals surface area (Å²) in [5.74, 6) is 0.801. The van der Waals surface area contributed by atoms with E-state index in [1.54, 1.807) is 32.4 Å². The summed E-state index contributed by atoms with van der Waals surface area (Å²) in [4.78, 5) is 25.6. The highest BCUT2D eigenvalue weighted by Gasteiger charge is 2.22. The summed E-state index contributed by atoms with van der Waals surface area (Å²) in [6.45, 7) is 1.22. The minimum Gasteiger partial charge on any atom is -0.483 e. The van der Waals surface area contributed by atoms with E-state index in [1.807, 2.05) is 30.5 Å². The van der Waals surface area contributed by atoms with E-state index in [9.17, 15) is 9.59 Å². The van der Waals surface area contributed by atoms with Crippen LogP contribution in [0.25, 0.3) is 10.9 Å². The number of anilines is 2. The van der Waals surface area contributed by atoms with E-state index in [4.69, 9.17) is 14.2 Å². The van der Waals surface area contributed by atoms with Crippen molar-refractivity contribution in [3.63, 3.8) is 0 Å². The van der Waals surface area contributed by atoms with E-state index in [0.29, 0.717) is 29.5 Å². The SMILES string of the molecule is COCCn1ccc2c(OCC(=O)Nc3ccc4c(c3)OCC(=O)N4C)cccc21. The monoisotopic (exact) mass is 409 g/mol. The third-order valence-electron chi connectivity index (χ3n) is 5.00. The van der Waals surface area contributed by atoms with Gasteiger partial charge in [0.2, 0.25) is 0 Å². The van der Waals surface area contributed by atoms with Crippen LogP contribution in [0.2, 0.25) is 0 Å². The second-order valence-corrected chi connectivity index (χ2v) is 6.95. The van der Waals surface area contributed by atoms with E-state index < -0.39 is 0 Å². The third kappa shape index (κ3) is 3.95. The number of carbonyl (C=O) groups excluding carboxylic acids is 2. The van der Waals surface area contributed by atoms with Crippen molar-refractivity contribution >= 4 is 34.1 Å². The van der Waals surface area contributed by atoms with Gasteiger partial charge in [0.15, 0.2) is 13.2 Å². The minimum absolute atomic E-state index is 0.0158. The molecule has 3 aromatic rings. The van der Waals surface area contributed by atoms with Gasteiger partial charge in [-0.25, -0.2) is 0 Å². The van der Waals surface area contributed by atoms with Crippen LogP contribution in [0.3, 0.4) is 0 Å². The van der Waals surface area contributed by atoms with E-state index in [2.05, 4.69) is 9.88 Å². The maximum atomic E-state index is 12.4. The molecule has 30 heavy (non-hydrogen) atoms. The Morgan fingerprint density at radius 1 is 1.23 bits per heavy atom. The Labute approximate surface area is 173 Å². The number of amides is 2. The van der Waals surface area contributed by atoms with Crippen molar-refractivity contribution in [2.45, 2.75) is 6.54 Å². The number of aromatic nitrogens is 1. The van der Waals surface area contributed by atoms with Crippen molar-refractivity contribution in [3.05, 3.63) is 48.7 Å². The normalized spacial score (nSPS) is 13.1. The Hall–Kier alpha value is -3.52. The number of hydrogen-bond donors (Lipinski definition) is 1. The van der Waals surface area contributed by atoms with Crippen molar-refractivity contribution in [1.82, 2.24) is 4.57 Å². The fourth-order valence-electron chi connectivity index (χ4n) is 3.40. The lowest BCUT2D eigenvalue weighted by Crippen LogP contribution is -2.35. The third-order valence-corrected chi connectivity index (χ3v) is 5.00. The number of methoxy groups -OCH3 is 1. The first-order valence-electron chi connectivity index (χ1n) is 9.59. The first-order valence-corrected chi connectivity index (χ1v) is 9.59. The molecule has 8 heteroatoms. The van der Waals surface area contributed by atoms with Crippen molar-refractivity contribution < 1.29 is 23.8 Å². The lowest BCUT2D eigenvalue weighted by Gasteiger charge is -2.26. The largest absolute Gasteiger partial charge is 0.483 e. The summed E-state index contributed by atoms with van der Waals surface area (Å²) in [6, 6.07) is 12.9. The predicted molar refractivity (Wildman–Crippen MR) is 113 cm³/mol. The molecular formula is C22H23N3O5. The molecule has 2 aromatic carbocycles. The Morgan fingerprint density at radius 2 is 2.10 bits per heavy atom. The summed E-state index contributed by atoms with van der Waals surface area (Å²) >= 11 is 0. The van der Waals surface area contributed by atoms with Gasteiger partial charge >= 0.3 is 0 Å². The van der Waals surface area contributed by atoms with Gasteiger partial charge in [0.05, 0.1) is 17.8 Å². The van der Waals surface area contributed by atoms with Crippen LogP contribution >= 0.6 is 0 Å². The quantitative estimate of drug-likeness (QED) is 0.649. The Morgan fingerprint density at radius 3 is 2.93 bits per heavy atom. The predicted octanol–water partition coefficient (Wildman–Crippen LogP) is 2.66. The summed E-state index contributed by atoms with van der Waals surface area (Å²) in [7, 11) is 3.37. The maximum absolute atomic E-state index is 12.4. The molecule has 0 saturated carbocycles. The van der Waals surface area contributed by atoms with Crippen molar-refractivity contribution in [3.8, 4) is 11.5 Å². The number of nitrogens with zero attached hydrogens (tertiary/aromatic N) is 2. The van der Waals surface area contributed by atoms with Gasteiger partial charge in [0.25, 0.3) is 11.8 Å². The molecule has 2 heterocycles. The van der Waals surface area contributed by atoms with Crippen LogP contribution in [-0.2, 0) is 20.9 Å². The van der Waals surface area contributed by atoms with Gasteiger partial charge < -0.3 is 29.0 Å². The first-order chi connectivity index (χ1) is 14.6. The summed E-state index contributed by atoms with van der Waals surface area (Å²) in [6.07, 6.45) is 1.98. The van der Waals surface area contributed by atoms with Gasteiger partial charge in [-0.1, -0.05) is 6.07 Å². The zero-order valence-electron chi connectivity index (χ0n) is 16.9. The number of benzene rings is 2. The smallest absolute Gasteiger partial charge is 0.264 e. The number of fused-ring (bicyclic) bond motifs is 2. The number of ether oxygens (including phenoxy) is 3. The highest BCUT2D eigenvalue weighted by Crippen LogP contribution is 2.33. The molecule has 4 rings (SSSR count). The number of rotatable bonds is 7. The van der Waals surface area contributed by atoms with Gasteiger partial charge in [-0.15, -0.1) is 0 Å². The second kappa shape index (κ2) is 8.46. The fourth-order valence-corrected chi connectivity index (χ4v) is 3.40. The van der Waals surface area contributed by atoms with Gasteiger partial charge in [-0.05, 0) is 30.3 Å². The standard InChI is InChI=1S/C22H23N3O5/c1-24-18-7-6-15(12-20(18)30-14-22(24)27)23-21(26)13-29-19-5-3-4-17-16(19)8-9-25(17)10-11-28-2/h3-9,12H,10-11,13-14H2,1-2H3,(H,23,26). The maximum Gasteiger partial charge on any atom is 0.264 e. The summed E-state index contributed by atoms with van der Waals surface area (Å²) < 4.78 is 18.5. The van der Waals surface area contributed by atoms with Crippen LogP contribution in [0.15, 0.2) is 48.7 Å². The Balaban J connectivity index is 1.41. The summed E-state index contributed by atoms with van der Waals surface area (Å²) in [5.41, 5.74) is 2.27. The highest BCUT2D eigenvalue weighted by atomic mass is 16.5. The van der Waals surface area contributed by atoms with E-state index in [0.717, 1.165) is 17.4 Å². The van der Waals surface area contributed by atoms with Crippen LogP contribution in [0, 0.1) is 0 Å². The number of carbonyl (C=O) groups is 2. The molecule has 156 valence electrons. The molecule has 0 unspecified atom stereocenters. The molecule has 1 aliphatic rings. The number of hydrogen-bond acceptors (Lipinski definition) is 5. The Kier molecular flexibility index (Phi) is 5.58. The second-order valence-electron chi connectivity index (χ2n) is 6.95. The van der Waals surface area contributed by atoms with Crippen LogP contribution in [0.1, 0.15) is 0 Å². The molecule has 0 fully saturated rings. The average Bonchev–Trinajstić information content (AvgIpc) is 3.17. The lowest BCUT2D eigenvalue weighted by atomic mass is 10.2. The molecule has 1 aliphatic heterocycles. The topological polar surface area (TPSA) is 82.0 Å². The molecule has 0 aliphatic carbocycles. The zero-order valence-corrected chi connectivity index (χ0v) is 16.9. The van der Waals surface area contributed by atoms with Gasteiger partial charge in [-0.2, -0.15) is 0 Å². The van der Waals surface area contributed by atoms with Gasteiger partial charge in [0.1, 0.15) is 11.5 Å². The molecule has 1 aromatic heterocycles. The molecule has 0 bridgehead atoms. The van der Waals surface area contributed by atoms with E-state index >= 15 is 0 Å². The fraction of sp³-hybridized carbons (Fsp3) is 0.273. The summed E-state index contributed by atoms with van der Waals surface area (Å²) in [5, 5.41) is 3.74. The number of nitrogens with one attached hydrogen (secondary N) is 1. The molecule has 0 atom stereocenters. The van der Waals surface area contributed by atoms with Crippen LogP contribution in [0.5, 0.6) is 11.5 Å². The average molecular weight is 409 g/mol. The van der Waals surface area contributed by atoms with Crippen molar-refractivity contribution in [2.24, 2.45) is 0 Å². The highest BCUT2D eigenvalue weighted by molar-refractivity contribution is 5.98. The van der Waals surface area contributed by atoms with Crippen LogP contribution in [0.4, 0.5) is 11.4 Å². The van der Waals surface area contributed by atoms with E-state index in [1.165, 1.54) is 4.90 Å². The molecule has 0 spiro atoms. The molecule has 1 N–H and O–H groups in total. The van der Waals surface area contributed by atoms with Gasteiger partial charge in [-0.3, -0.25) is 9.59 Å². The molecule has 8 nitrogen and oxygen atoms in total. The van der Waals surface area contributed by atoms with Crippen LogP contribution < -0.4 is 19.7 Å². The molecule has 0 radical (unpaired) electrons. The lowest BCUT2D eigenvalue weighted by molar-refractivity contribution is -0.121. The van der Waals surface area contributed by atoms with Crippen molar-refractivity contribution in [1.29, 1.82) is 0 Å². The zero-order chi connectivity index (χ0) is 21.1. The Bertz CT molecular complexity index is 1090. The molecule has 2 amide bonds. The van der Waals surface area contributed by atoms with E-state index in [-0.39, 0.29) is 25.0 Å².